The van der Waals surface area contributed by atoms with Gasteiger partial charge in [0.25, 0.3) is 0 Å². The van der Waals surface area contributed by atoms with E-state index in [-0.39, 0.29) is 17.4 Å². The number of anilines is 1. The number of thioether (sulfide) groups is 1. The second-order valence-corrected chi connectivity index (χ2v) is 9.30. The van der Waals surface area contributed by atoms with Crippen LogP contribution < -0.4 is 4.90 Å². The molecular weight excluding hydrogens is 469 g/mol. The van der Waals surface area contributed by atoms with Crippen molar-refractivity contribution < 1.29 is 18.3 Å². The number of Topliss-reactive ketones (excluding diaryl/α,β-unsaturated/α-hetero) is 1. The molecule has 0 bridgehead atoms. The van der Waals surface area contributed by atoms with Crippen molar-refractivity contribution in [2.24, 2.45) is 0 Å². The molecule has 0 N–H and O–H groups in total. The SMILES string of the molecule is Cc1cc(C(=O)CSc2nnc(N3CCOCC3)n2-c2cccc(F)c2)c(C)n1Cc1ccco1. The van der Waals surface area contributed by atoms with E-state index in [0.29, 0.717) is 55.2 Å². The molecule has 0 saturated carbocycles. The molecule has 182 valence electrons. The van der Waals surface area contributed by atoms with Crippen molar-refractivity contribution in [3.63, 3.8) is 0 Å². The summed E-state index contributed by atoms with van der Waals surface area (Å²) in [5.41, 5.74) is 3.17. The molecule has 1 fully saturated rings. The number of carbonyl (C=O) groups is 1. The number of hydrogen-bond acceptors (Lipinski definition) is 7. The van der Waals surface area contributed by atoms with Gasteiger partial charge in [0.15, 0.2) is 10.9 Å². The van der Waals surface area contributed by atoms with Crippen molar-refractivity contribution in [3.8, 4) is 5.69 Å². The Morgan fingerprint density at radius 2 is 1.94 bits per heavy atom. The second kappa shape index (κ2) is 10.1. The van der Waals surface area contributed by atoms with Gasteiger partial charge in [0.2, 0.25) is 5.95 Å². The van der Waals surface area contributed by atoms with E-state index >= 15 is 0 Å². The number of ether oxygens (including phenoxy) is 1. The first kappa shape index (κ1) is 23.4. The van der Waals surface area contributed by atoms with Crippen molar-refractivity contribution in [2.75, 3.05) is 37.0 Å². The van der Waals surface area contributed by atoms with E-state index in [9.17, 15) is 9.18 Å². The average molecular weight is 496 g/mol. The fourth-order valence-electron chi connectivity index (χ4n) is 4.26. The number of morpholine rings is 1. The number of halogens is 1. The third-order valence-electron chi connectivity index (χ3n) is 6.08. The average Bonchev–Trinajstić information content (AvgIpc) is 3.59. The molecule has 10 heteroatoms. The Morgan fingerprint density at radius 1 is 1.11 bits per heavy atom. The van der Waals surface area contributed by atoms with Gasteiger partial charge in [-0.3, -0.25) is 9.36 Å². The van der Waals surface area contributed by atoms with Gasteiger partial charge in [0.1, 0.15) is 11.6 Å². The molecule has 0 unspecified atom stereocenters. The number of nitrogens with zero attached hydrogens (tertiary/aromatic N) is 5. The smallest absolute Gasteiger partial charge is 0.232 e. The maximum atomic E-state index is 14.1. The minimum Gasteiger partial charge on any atom is -0.467 e. The van der Waals surface area contributed by atoms with Gasteiger partial charge in [0.05, 0.1) is 37.5 Å². The van der Waals surface area contributed by atoms with Crippen LogP contribution in [0.3, 0.4) is 0 Å². The first-order valence-corrected chi connectivity index (χ1v) is 12.4. The summed E-state index contributed by atoms with van der Waals surface area (Å²) in [7, 11) is 0. The number of furan rings is 1. The number of aromatic nitrogens is 4. The van der Waals surface area contributed by atoms with Crippen LogP contribution >= 0.6 is 11.8 Å². The molecule has 4 aromatic rings. The van der Waals surface area contributed by atoms with Gasteiger partial charge in [-0.05, 0) is 50.2 Å². The minimum atomic E-state index is -0.347. The van der Waals surface area contributed by atoms with Crippen LogP contribution in [-0.4, -0.2) is 57.2 Å². The van der Waals surface area contributed by atoms with Crippen LogP contribution in [0, 0.1) is 19.7 Å². The molecule has 35 heavy (non-hydrogen) atoms. The zero-order valence-electron chi connectivity index (χ0n) is 19.6. The van der Waals surface area contributed by atoms with Crippen LogP contribution in [0.25, 0.3) is 5.69 Å². The van der Waals surface area contributed by atoms with Crippen LogP contribution in [0.1, 0.15) is 27.5 Å². The summed E-state index contributed by atoms with van der Waals surface area (Å²) < 4.78 is 28.9. The van der Waals surface area contributed by atoms with Gasteiger partial charge >= 0.3 is 0 Å². The quantitative estimate of drug-likeness (QED) is 0.267. The van der Waals surface area contributed by atoms with Gasteiger partial charge < -0.3 is 18.6 Å². The Bertz CT molecular complexity index is 1330. The van der Waals surface area contributed by atoms with E-state index in [1.165, 1.54) is 23.9 Å². The molecule has 1 aliphatic heterocycles. The standard InChI is InChI=1S/C25H26FN5O3S/c1-17-13-22(18(2)30(17)15-21-7-4-10-34-21)23(32)16-35-25-28-27-24(29-8-11-33-12-9-29)31(25)20-6-3-5-19(26)14-20/h3-7,10,13-14H,8-9,11-12,15-16H2,1-2H3. The van der Waals surface area contributed by atoms with E-state index in [0.717, 1.165) is 17.1 Å². The predicted molar refractivity (Wildman–Crippen MR) is 131 cm³/mol. The van der Waals surface area contributed by atoms with Crippen molar-refractivity contribution in [1.29, 1.82) is 0 Å². The third kappa shape index (κ3) is 4.89. The van der Waals surface area contributed by atoms with Crippen LogP contribution in [-0.2, 0) is 11.3 Å². The number of aryl methyl sites for hydroxylation is 1. The molecule has 0 radical (unpaired) electrons. The van der Waals surface area contributed by atoms with Crippen molar-refractivity contribution in [2.45, 2.75) is 25.5 Å². The Labute approximate surface area is 206 Å². The summed E-state index contributed by atoms with van der Waals surface area (Å²) in [6, 6.07) is 12.0. The zero-order valence-corrected chi connectivity index (χ0v) is 20.4. The minimum absolute atomic E-state index is 0.00416. The van der Waals surface area contributed by atoms with Crippen LogP contribution in [0.4, 0.5) is 10.3 Å². The molecule has 0 spiro atoms. The normalized spacial score (nSPS) is 14.0. The molecule has 4 heterocycles. The lowest BCUT2D eigenvalue weighted by atomic mass is 10.2. The predicted octanol–water partition coefficient (Wildman–Crippen LogP) is 4.28. The summed E-state index contributed by atoms with van der Waals surface area (Å²) in [5, 5.41) is 9.28. The fraction of sp³-hybridized carbons (Fsp3) is 0.320. The van der Waals surface area contributed by atoms with Crippen molar-refractivity contribution in [3.05, 3.63) is 77.3 Å². The highest BCUT2D eigenvalue weighted by Gasteiger charge is 2.24. The number of benzene rings is 1. The first-order valence-electron chi connectivity index (χ1n) is 11.4. The van der Waals surface area contributed by atoms with Gasteiger partial charge in [-0.15, -0.1) is 10.2 Å². The van der Waals surface area contributed by atoms with E-state index in [2.05, 4.69) is 19.7 Å². The van der Waals surface area contributed by atoms with Gasteiger partial charge in [0, 0.05) is 30.0 Å². The maximum absolute atomic E-state index is 14.1. The Kier molecular flexibility index (Phi) is 6.74. The lowest BCUT2D eigenvalue weighted by molar-refractivity contribution is 0.102. The first-order chi connectivity index (χ1) is 17.0. The second-order valence-electron chi connectivity index (χ2n) is 8.36. The Balaban J connectivity index is 1.39. The fourth-order valence-corrected chi connectivity index (χ4v) is 5.09. The number of rotatable bonds is 8. The molecule has 0 atom stereocenters. The Hall–Kier alpha value is -3.37. The highest BCUT2D eigenvalue weighted by atomic mass is 32.2. The monoisotopic (exact) mass is 495 g/mol. The number of ketones is 1. The summed E-state index contributed by atoms with van der Waals surface area (Å²) in [4.78, 5) is 15.3. The van der Waals surface area contributed by atoms with E-state index in [1.54, 1.807) is 12.3 Å². The van der Waals surface area contributed by atoms with Crippen molar-refractivity contribution in [1.82, 2.24) is 19.3 Å². The molecule has 1 aliphatic rings. The van der Waals surface area contributed by atoms with Crippen molar-refractivity contribution >= 4 is 23.5 Å². The van der Waals surface area contributed by atoms with Gasteiger partial charge in [-0.1, -0.05) is 17.8 Å². The number of hydrogen-bond donors (Lipinski definition) is 0. The maximum Gasteiger partial charge on any atom is 0.232 e. The Morgan fingerprint density at radius 3 is 2.69 bits per heavy atom. The highest BCUT2D eigenvalue weighted by molar-refractivity contribution is 7.99. The molecule has 0 amide bonds. The van der Waals surface area contributed by atoms with Crippen LogP contribution in [0.5, 0.6) is 0 Å². The summed E-state index contributed by atoms with van der Waals surface area (Å²) in [6.07, 6.45) is 1.64. The zero-order chi connectivity index (χ0) is 24.4. The molecule has 0 aliphatic carbocycles. The number of carbonyl (C=O) groups excluding carboxylic acids is 1. The molecule has 8 nitrogen and oxygen atoms in total. The lowest BCUT2D eigenvalue weighted by Gasteiger charge is -2.27. The molecular formula is C25H26FN5O3S. The largest absolute Gasteiger partial charge is 0.467 e. The van der Waals surface area contributed by atoms with E-state index in [4.69, 9.17) is 9.15 Å². The van der Waals surface area contributed by atoms with Gasteiger partial charge in [-0.2, -0.15) is 0 Å². The highest BCUT2D eigenvalue weighted by Crippen LogP contribution is 2.29. The summed E-state index contributed by atoms with van der Waals surface area (Å²) in [5.74, 6) is 1.28. The molecule has 1 aromatic carbocycles. The molecule has 1 saturated heterocycles. The summed E-state index contributed by atoms with van der Waals surface area (Å²) >= 11 is 1.30. The van der Waals surface area contributed by atoms with Crippen LogP contribution in [0.2, 0.25) is 0 Å². The summed E-state index contributed by atoms with van der Waals surface area (Å²) in [6.45, 7) is 7.00. The van der Waals surface area contributed by atoms with Gasteiger partial charge in [-0.25, -0.2) is 4.39 Å². The molecule has 5 rings (SSSR count). The van der Waals surface area contributed by atoms with E-state index in [1.807, 2.05) is 42.7 Å². The van der Waals surface area contributed by atoms with Crippen LogP contribution in [0.15, 0.2) is 58.3 Å². The molecule has 3 aromatic heterocycles. The topological polar surface area (TPSA) is 78.3 Å². The third-order valence-corrected chi connectivity index (χ3v) is 7.01. The lowest BCUT2D eigenvalue weighted by Crippen LogP contribution is -2.37. The van der Waals surface area contributed by atoms with E-state index < -0.39 is 0 Å².